The van der Waals surface area contributed by atoms with Crippen molar-refractivity contribution in [2.45, 2.75) is 20.3 Å². The van der Waals surface area contributed by atoms with E-state index in [1.807, 2.05) is 32.1 Å². The largest absolute Gasteiger partial charge is 0.206 e. The summed E-state index contributed by atoms with van der Waals surface area (Å²) in [6.07, 6.45) is 4.74. The van der Waals surface area contributed by atoms with Gasteiger partial charge in [0.1, 0.15) is 5.82 Å². The van der Waals surface area contributed by atoms with Crippen LogP contribution in [0.2, 0.25) is 0 Å². The Labute approximate surface area is 72.7 Å². The molecule has 0 saturated heterocycles. The number of allylic oxidation sites excluding steroid dienone is 1. The number of halogens is 1. The average Bonchev–Trinajstić information content (AvgIpc) is 2.04. The number of rotatable bonds is 2. The first-order valence-electron chi connectivity index (χ1n) is 4.17. The Hall–Kier alpha value is -1.11. The van der Waals surface area contributed by atoms with Crippen molar-refractivity contribution < 1.29 is 4.39 Å². The fourth-order valence-corrected chi connectivity index (χ4v) is 1.09. The molecular weight excluding hydrogens is 151 g/mol. The number of aryl methyl sites for hydroxylation is 1. The maximum Gasteiger partial charge on any atom is 0.130 e. The lowest BCUT2D eigenvalue weighted by atomic mass is 10.1. The summed E-state index contributed by atoms with van der Waals surface area (Å²) in [7, 11) is 0. The van der Waals surface area contributed by atoms with Gasteiger partial charge in [-0.05, 0) is 25.0 Å². The van der Waals surface area contributed by atoms with Gasteiger partial charge in [0.15, 0.2) is 0 Å². The highest BCUT2D eigenvalue weighted by Gasteiger charge is 1.99. The van der Waals surface area contributed by atoms with E-state index >= 15 is 0 Å². The van der Waals surface area contributed by atoms with Gasteiger partial charge < -0.3 is 0 Å². The van der Waals surface area contributed by atoms with Crippen molar-refractivity contribution in [1.29, 1.82) is 0 Å². The third-order valence-electron chi connectivity index (χ3n) is 1.79. The lowest BCUT2D eigenvalue weighted by Crippen LogP contribution is -1.85. The summed E-state index contributed by atoms with van der Waals surface area (Å²) >= 11 is 0. The van der Waals surface area contributed by atoms with Crippen LogP contribution in [-0.4, -0.2) is 0 Å². The van der Waals surface area contributed by atoms with Crippen molar-refractivity contribution in [2.24, 2.45) is 0 Å². The van der Waals surface area contributed by atoms with E-state index in [0.717, 1.165) is 12.0 Å². The van der Waals surface area contributed by atoms with Gasteiger partial charge in [0.25, 0.3) is 0 Å². The Morgan fingerprint density at radius 3 is 2.75 bits per heavy atom. The van der Waals surface area contributed by atoms with E-state index in [-0.39, 0.29) is 5.82 Å². The second-order valence-electron chi connectivity index (χ2n) is 2.78. The Morgan fingerprint density at radius 1 is 1.42 bits per heavy atom. The first-order chi connectivity index (χ1) is 5.75. The molecule has 1 aromatic carbocycles. The van der Waals surface area contributed by atoms with Gasteiger partial charge in [-0.25, -0.2) is 4.39 Å². The second kappa shape index (κ2) is 4.05. The van der Waals surface area contributed by atoms with Gasteiger partial charge in [0.2, 0.25) is 0 Å². The van der Waals surface area contributed by atoms with Crippen LogP contribution in [0.5, 0.6) is 0 Å². The molecule has 0 nitrogen and oxygen atoms in total. The highest BCUT2D eigenvalue weighted by molar-refractivity contribution is 5.53. The lowest BCUT2D eigenvalue weighted by Gasteiger charge is -2.00. The van der Waals surface area contributed by atoms with E-state index in [1.165, 1.54) is 6.07 Å². The molecule has 0 aromatic heterocycles. The molecular formula is C11H13F. The van der Waals surface area contributed by atoms with Gasteiger partial charge in [0, 0.05) is 5.56 Å². The molecule has 0 fully saturated rings. The molecule has 0 bridgehead atoms. The number of benzene rings is 1. The SMILES string of the molecule is CC/C=C\c1c(C)cccc1F. The van der Waals surface area contributed by atoms with Gasteiger partial charge >= 0.3 is 0 Å². The Morgan fingerprint density at radius 2 is 2.17 bits per heavy atom. The fraction of sp³-hybridized carbons (Fsp3) is 0.273. The summed E-state index contributed by atoms with van der Waals surface area (Å²) in [4.78, 5) is 0. The number of hydrogen-bond acceptors (Lipinski definition) is 0. The maximum atomic E-state index is 13.1. The first-order valence-corrected chi connectivity index (χ1v) is 4.17. The maximum absolute atomic E-state index is 13.1. The molecule has 0 aliphatic carbocycles. The second-order valence-corrected chi connectivity index (χ2v) is 2.78. The van der Waals surface area contributed by atoms with Gasteiger partial charge in [-0.1, -0.05) is 31.2 Å². The van der Waals surface area contributed by atoms with Crippen LogP contribution in [0.25, 0.3) is 6.08 Å². The van der Waals surface area contributed by atoms with Crippen LogP contribution < -0.4 is 0 Å². The van der Waals surface area contributed by atoms with Crippen molar-refractivity contribution in [2.75, 3.05) is 0 Å². The molecule has 0 aliphatic rings. The van der Waals surface area contributed by atoms with E-state index in [4.69, 9.17) is 0 Å². The third-order valence-corrected chi connectivity index (χ3v) is 1.79. The van der Waals surface area contributed by atoms with Crippen LogP contribution in [0.1, 0.15) is 24.5 Å². The van der Waals surface area contributed by atoms with Crippen LogP contribution in [0.4, 0.5) is 4.39 Å². The summed E-state index contributed by atoms with van der Waals surface area (Å²) in [6, 6.07) is 5.13. The van der Waals surface area contributed by atoms with Gasteiger partial charge in [0.05, 0.1) is 0 Å². The predicted molar refractivity (Wildman–Crippen MR) is 50.5 cm³/mol. The molecule has 0 radical (unpaired) electrons. The zero-order chi connectivity index (χ0) is 8.97. The van der Waals surface area contributed by atoms with E-state index in [2.05, 4.69) is 0 Å². The molecule has 0 atom stereocenters. The quantitative estimate of drug-likeness (QED) is 0.627. The molecule has 0 N–H and O–H groups in total. The number of hydrogen-bond donors (Lipinski definition) is 0. The zero-order valence-electron chi connectivity index (χ0n) is 7.47. The molecule has 1 rings (SSSR count). The summed E-state index contributed by atoms with van der Waals surface area (Å²) < 4.78 is 13.1. The summed E-state index contributed by atoms with van der Waals surface area (Å²) in [5.41, 5.74) is 1.69. The lowest BCUT2D eigenvalue weighted by molar-refractivity contribution is 0.623. The highest BCUT2D eigenvalue weighted by Crippen LogP contribution is 2.14. The van der Waals surface area contributed by atoms with Crippen LogP contribution in [0, 0.1) is 12.7 Å². The molecule has 0 spiro atoms. The Bertz CT molecular complexity index is 267. The van der Waals surface area contributed by atoms with Gasteiger partial charge in [-0.2, -0.15) is 0 Å². The van der Waals surface area contributed by atoms with Crippen LogP contribution >= 0.6 is 0 Å². The van der Waals surface area contributed by atoms with Crippen LogP contribution in [0.3, 0.4) is 0 Å². The molecule has 1 aromatic rings. The minimum Gasteiger partial charge on any atom is -0.206 e. The molecule has 0 heterocycles. The zero-order valence-corrected chi connectivity index (χ0v) is 7.47. The fourth-order valence-electron chi connectivity index (χ4n) is 1.09. The van der Waals surface area contributed by atoms with Crippen molar-refractivity contribution in [3.63, 3.8) is 0 Å². The topological polar surface area (TPSA) is 0 Å². The van der Waals surface area contributed by atoms with E-state index in [1.54, 1.807) is 6.07 Å². The summed E-state index contributed by atoms with van der Waals surface area (Å²) in [5, 5.41) is 0. The molecule has 64 valence electrons. The minimum atomic E-state index is -0.139. The standard InChI is InChI=1S/C11H13F/c1-3-4-7-10-9(2)6-5-8-11(10)12/h4-8H,3H2,1-2H3/b7-4-. The molecule has 12 heavy (non-hydrogen) atoms. The van der Waals surface area contributed by atoms with Gasteiger partial charge in [-0.3, -0.25) is 0 Å². The van der Waals surface area contributed by atoms with E-state index in [0.29, 0.717) is 5.56 Å². The Balaban J connectivity index is 3.04. The predicted octanol–water partition coefficient (Wildman–Crippen LogP) is 3.56. The van der Waals surface area contributed by atoms with E-state index in [9.17, 15) is 4.39 Å². The first kappa shape index (κ1) is 8.98. The van der Waals surface area contributed by atoms with Crippen molar-refractivity contribution in [3.8, 4) is 0 Å². The molecule has 1 heteroatoms. The van der Waals surface area contributed by atoms with Crippen LogP contribution in [0.15, 0.2) is 24.3 Å². The highest BCUT2D eigenvalue weighted by atomic mass is 19.1. The Kier molecular flexibility index (Phi) is 3.03. The molecule has 0 amide bonds. The van der Waals surface area contributed by atoms with Crippen molar-refractivity contribution in [1.82, 2.24) is 0 Å². The van der Waals surface area contributed by atoms with Gasteiger partial charge in [-0.15, -0.1) is 0 Å². The summed E-state index contributed by atoms with van der Waals surface area (Å²) in [5.74, 6) is -0.139. The molecule has 0 aliphatic heterocycles. The van der Waals surface area contributed by atoms with E-state index < -0.39 is 0 Å². The van der Waals surface area contributed by atoms with Crippen molar-refractivity contribution >= 4 is 6.08 Å². The molecule has 0 saturated carbocycles. The monoisotopic (exact) mass is 164 g/mol. The third kappa shape index (κ3) is 1.94. The molecule has 0 unspecified atom stereocenters. The average molecular weight is 164 g/mol. The summed E-state index contributed by atoms with van der Waals surface area (Å²) in [6.45, 7) is 3.95. The smallest absolute Gasteiger partial charge is 0.130 e. The normalized spacial score (nSPS) is 10.9. The van der Waals surface area contributed by atoms with Crippen molar-refractivity contribution in [3.05, 3.63) is 41.2 Å². The van der Waals surface area contributed by atoms with Crippen LogP contribution in [-0.2, 0) is 0 Å². The minimum absolute atomic E-state index is 0.139.